The van der Waals surface area contributed by atoms with Crippen LogP contribution in [0, 0.1) is 0 Å². The van der Waals surface area contributed by atoms with E-state index in [1.807, 2.05) is 12.1 Å². The van der Waals surface area contributed by atoms with Crippen LogP contribution >= 0.6 is 0 Å². The molecule has 0 spiro atoms. The number of rotatable bonds is 3. The molecule has 3 heterocycles. The van der Waals surface area contributed by atoms with Crippen molar-refractivity contribution in [1.82, 2.24) is 14.5 Å². The summed E-state index contributed by atoms with van der Waals surface area (Å²) in [4.78, 5) is 8.52. The number of nitrogens with one attached hydrogen (secondary N) is 1. The third kappa shape index (κ3) is 2.41. The molecule has 130 valence electrons. The molecule has 5 rings (SSSR count). The molecule has 1 aliphatic rings. The summed E-state index contributed by atoms with van der Waals surface area (Å²) in [6, 6.07) is 18.8. The minimum Gasteiger partial charge on any atom is -0.496 e. The number of benzene rings is 2. The molecule has 0 radical (unpaired) electrons. The van der Waals surface area contributed by atoms with Gasteiger partial charge < -0.3 is 14.3 Å². The van der Waals surface area contributed by atoms with Crippen LogP contribution in [0.3, 0.4) is 0 Å². The van der Waals surface area contributed by atoms with E-state index in [-0.39, 0.29) is 5.92 Å². The van der Waals surface area contributed by atoms with E-state index >= 15 is 0 Å². The van der Waals surface area contributed by atoms with E-state index in [4.69, 9.17) is 9.72 Å². The first-order valence-corrected chi connectivity index (χ1v) is 9.11. The Labute approximate surface area is 152 Å². The molecule has 0 saturated carbocycles. The van der Waals surface area contributed by atoms with Crippen molar-refractivity contribution in [1.29, 1.82) is 0 Å². The standard InChI is InChI=1S/C22H21N3O/c1-26-21-11-5-3-8-16(21)17-9-6-12-25-14-20(24-22(17)25)19-13-15-7-2-4-10-18(15)23-19/h2-5,7-8,10-11,13-14,17,23H,6,9,12H2,1H3. The Hall–Kier alpha value is -3.01. The molecule has 4 nitrogen and oxygen atoms in total. The van der Waals surface area contributed by atoms with Gasteiger partial charge in [-0.1, -0.05) is 36.4 Å². The van der Waals surface area contributed by atoms with Gasteiger partial charge in [-0.25, -0.2) is 4.98 Å². The monoisotopic (exact) mass is 343 g/mol. The molecular formula is C22H21N3O. The molecule has 0 fully saturated rings. The van der Waals surface area contributed by atoms with Crippen molar-refractivity contribution in [3.05, 3.63) is 72.2 Å². The van der Waals surface area contributed by atoms with E-state index < -0.39 is 0 Å². The SMILES string of the molecule is COc1ccccc1C1CCCn2cc(-c3cc4ccccc4[nH]3)nc21. The molecular weight excluding hydrogens is 322 g/mol. The van der Waals surface area contributed by atoms with E-state index in [9.17, 15) is 0 Å². The Balaban J connectivity index is 1.59. The number of fused-ring (bicyclic) bond motifs is 2. The zero-order valence-electron chi connectivity index (χ0n) is 14.8. The van der Waals surface area contributed by atoms with Crippen molar-refractivity contribution in [2.45, 2.75) is 25.3 Å². The number of imidazole rings is 1. The molecule has 2 aromatic heterocycles. The number of aryl methyl sites for hydroxylation is 1. The first kappa shape index (κ1) is 15.3. The fourth-order valence-electron chi connectivity index (χ4n) is 4.07. The molecule has 0 saturated heterocycles. The number of hydrogen-bond acceptors (Lipinski definition) is 2. The van der Waals surface area contributed by atoms with Gasteiger partial charge in [0, 0.05) is 35.1 Å². The summed E-state index contributed by atoms with van der Waals surface area (Å²) < 4.78 is 7.91. The summed E-state index contributed by atoms with van der Waals surface area (Å²) in [6.07, 6.45) is 4.43. The second kappa shape index (κ2) is 6.06. The third-order valence-corrected chi connectivity index (χ3v) is 5.33. The second-order valence-electron chi connectivity index (χ2n) is 6.88. The minimum atomic E-state index is 0.276. The molecule has 0 amide bonds. The van der Waals surface area contributed by atoms with E-state index in [2.05, 4.69) is 58.2 Å². The molecule has 4 heteroatoms. The van der Waals surface area contributed by atoms with Crippen molar-refractivity contribution in [2.75, 3.05) is 7.11 Å². The Morgan fingerprint density at radius 2 is 1.96 bits per heavy atom. The smallest absolute Gasteiger partial charge is 0.122 e. The van der Waals surface area contributed by atoms with Gasteiger partial charge in [0.15, 0.2) is 0 Å². The predicted molar refractivity (Wildman–Crippen MR) is 104 cm³/mol. The first-order valence-electron chi connectivity index (χ1n) is 9.11. The van der Waals surface area contributed by atoms with Crippen LogP contribution in [0.5, 0.6) is 5.75 Å². The highest BCUT2D eigenvalue weighted by Crippen LogP contribution is 2.38. The third-order valence-electron chi connectivity index (χ3n) is 5.33. The van der Waals surface area contributed by atoms with E-state index in [1.54, 1.807) is 7.11 Å². The van der Waals surface area contributed by atoms with Crippen LogP contribution in [0.2, 0.25) is 0 Å². The van der Waals surface area contributed by atoms with Crippen LogP contribution in [-0.4, -0.2) is 21.6 Å². The van der Waals surface area contributed by atoms with Crippen molar-refractivity contribution >= 4 is 10.9 Å². The molecule has 0 bridgehead atoms. The molecule has 4 aromatic rings. The molecule has 1 aliphatic heterocycles. The van der Waals surface area contributed by atoms with Crippen molar-refractivity contribution < 1.29 is 4.74 Å². The molecule has 26 heavy (non-hydrogen) atoms. The fraction of sp³-hybridized carbons (Fsp3) is 0.227. The van der Waals surface area contributed by atoms with Gasteiger partial charge >= 0.3 is 0 Å². The number of hydrogen-bond donors (Lipinski definition) is 1. The Morgan fingerprint density at radius 1 is 1.12 bits per heavy atom. The maximum absolute atomic E-state index is 5.60. The molecule has 2 aromatic carbocycles. The van der Waals surface area contributed by atoms with Crippen molar-refractivity contribution in [3.63, 3.8) is 0 Å². The number of para-hydroxylation sites is 2. The van der Waals surface area contributed by atoms with Crippen LogP contribution < -0.4 is 4.74 Å². The fourth-order valence-corrected chi connectivity index (χ4v) is 4.07. The summed E-state index contributed by atoms with van der Waals surface area (Å²) in [7, 11) is 1.74. The number of aromatic amines is 1. The van der Waals surface area contributed by atoms with Gasteiger partial charge in [0.1, 0.15) is 17.3 Å². The number of aromatic nitrogens is 3. The average Bonchev–Trinajstić information content (AvgIpc) is 3.31. The Bertz CT molecular complexity index is 1040. The van der Waals surface area contributed by atoms with Crippen molar-refractivity contribution in [2.24, 2.45) is 0 Å². The van der Waals surface area contributed by atoms with Gasteiger partial charge in [-0.3, -0.25) is 0 Å². The summed E-state index contributed by atoms with van der Waals surface area (Å²) in [5, 5.41) is 1.22. The molecule has 1 N–H and O–H groups in total. The summed E-state index contributed by atoms with van der Waals surface area (Å²) in [6.45, 7) is 1.02. The largest absolute Gasteiger partial charge is 0.496 e. The summed E-state index contributed by atoms with van der Waals surface area (Å²) >= 11 is 0. The maximum Gasteiger partial charge on any atom is 0.122 e. The average molecular weight is 343 g/mol. The Morgan fingerprint density at radius 3 is 2.85 bits per heavy atom. The maximum atomic E-state index is 5.60. The van der Waals surface area contributed by atoms with Crippen LogP contribution in [0.25, 0.3) is 22.3 Å². The number of methoxy groups -OCH3 is 1. The molecule has 1 unspecified atom stereocenters. The zero-order chi connectivity index (χ0) is 17.5. The normalized spacial score (nSPS) is 16.6. The van der Waals surface area contributed by atoms with E-state index in [0.29, 0.717) is 0 Å². The predicted octanol–water partition coefficient (Wildman–Crippen LogP) is 4.97. The van der Waals surface area contributed by atoms with Gasteiger partial charge in [-0.05, 0) is 31.0 Å². The molecule has 0 aliphatic carbocycles. The van der Waals surface area contributed by atoms with E-state index in [0.717, 1.165) is 47.9 Å². The second-order valence-corrected chi connectivity index (χ2v) is 6.88. The highest BCUT2D eigenvalue weighted by atomic mass is 16.5. The Kier molecular flexibility index (Phi) is 3.56. The first-order chi connectivity index (χ1) is 12.8. The quantitative estimate of drug-likeness (QED) is 0.571. The summed E-state index contributed by atoms with van der Waals surface area (Å²) in [5.74, 6) is 2.36. The van der Waals surface area contributed by atoms with Crippen LogP contribution in [-0.2, 0) is 6.54 Å². The number of ether oxygens (including phenoxy) is 1. The lowest BCUT2D eigenvalue weighted by molar-refractivity contribution is 0.398. The highest BCUT2D eigenvalue weighted by Gasteiger charge is 2.27. The van der Waals surface area contributed by atoms with Gasteiger partial charge in [0.05, 0.1) is 12.8 Å². The van der Waals surface area contributed by atoms with Crippen LogP contribution in [0.1, 0.15) is 30.1 Å². The highest BCUT2D eigenvalue weighted by molar-refractivity contribution is 5.85. The summed E-state index contributed by atoms with van der Waals surface area (Å²) in [5.41, 5.74) is 4.46. The number of nitrogens with zero attached hydrogens (tertiary/aromatic N) is 2. The van der Waals surface area contributed by atoms with Crippen LogP contribution in [0.15, 0.2) is 60.8 Å². The lowest BCUT2D eigenvalue weighted by atomic mass is 9.90. The zero-order valence-corrected chi connectivity index (χ0v) is 14.8. The lowest BCUT2D eigenvalue weighted by Gasteiger charge is -2.25. The van der Waals surface area contributed by atoms with Crippen molar-refractivity contribution in [3.8, 4) is 17.1 Å². The van der Waals surface area contributed by atoms with Gasteiger partial charge in [-0.15, -0.1) is 0 Å². The van der Waals surface area contributed by atoms with E-state index in [1.165, 1.54) is 10.9 Å². The molecule has 1 atom stereocenters. The topological polar surface area (TPSA) is 42.8 Å². The lowest BCUT2D eigenvalue weighted by Crippen LogP contribution is -2.17. The van der Waals surface area contributed by atoms with Crippen LogP contribution in [0.4, 0.5) is 0 Å². The van der Waals surface area contributed by atoms with Gasteiger partial charge in [0.2, 0.25) is 0 Å². The number of H-pyrrole nitrogens is 1. The van der Waals surface area contributed by atoms with Gasteiger partial charge in [-0.2, -0.15) is 0 Å². The minimum absolute atomic E-state index is 0.276. The van der Waals surface area contributed by atoms with Gasteiger partial charge in [0.25, 0.3) is 0 Å².